The fourth-order valence-electron chi connectivity index (χ4n) is 2.25. The summed E-state index contributed by atoms with van der Waals surface area (Å²) in [5, 5.41) is 18.8. The molecule has 7 heteroatoms. The number of ether oxygens (including phenoxy) is 1. The maximum absolute atomic E-state index is 12.2. The monoisotopic (exact) mass is 280 g/mol. The number of aliphatic hydroxyl groups is 2. The summed E-state index contributed by atoms with van der Waals surface area (Å²) in [5.74, 6) is 2.26. The van der Waals surface area contributed by atoms with Gasteiger partial charge in [-0.1, -0.05) is 5.92 Å². The minimum Gasteiger partial charge on any atom is -0.394 e. The van der Waals surface area contributed by atoms with Crippen molar-refractivity contribution in [3.63, 3.8) is 0 Å². The van der Waals surface area contributed by atoms with Crippen molar-refractivity contribution in [2.24, 2.45) is 0 Å². The van der Waals surface area contributed by atoms with Crippen LogP contribution in [-0.4, -0.2) is 38.2 Å². The first-order valence-corrected chi connectivity index (χ1v) is 6.20. The smallest absolute Gasteiger partial charge is 0.333 e. The van der Waals surface area contributed by atoms with Gasteiger partial charge in [-0.3, -0.25) is 9.36 Å². The second kappa shape index (κ2) is 5.63. The van der Waals surface area contributed by atoms with Crippen LogP contribution in [0, 0.1) is 19.3 Å². The average molecular weight is 280 g/mol. The largest absolute Gasteiger partial charge is 0.394 e. The first kappa shape index (κ1) is 14.5. The van der Waals surface area contributed by atoms with Gasteiger partial charge in [0, 0.05) is 18.2 Å². The third kappa shape index (κ3) is 2.41. The summed E-state index contributed by atoms with van der Waals surface area (Å²) in [6.45, 7) is 1.10. The topological polar surface area (TPSA) is 93.7 Å². The van der Waals surface area contributed by atoms with Crippen LogP contribution in [-0.2, 0) is 11.3 Å². The highest BCUT2D eigenvalue weighted by atomic mass is 16.5. The van der Waals surface area contributed by atoms with Gasteiger partial charge in [0.25, 0.3) is 5.56 Å². The number of terminal acetylenes is 1. The lowest BCUT2D eigenvalue weighted by molar-refractivity contribution is -0.0463. The Bertz CT molecular complexity index is 654. The van der Waals surface area contributed by atoms with E-state index in [0.717, 1.165) is 4.57 Å². The molecule has 1 aliphatic rings. The van der Waals surface area contributed by atoms with E-state index >= 15 is 0 Å². The van der Waals surface area contributed by atoms with Crippen LogP contribution in [0.15, 0.2) is 15.8 Å². The number of rotatable bonds is 3. The van der Waals surface area contributed by atoms with Crippen molar-refractivity contribution in [3.05, 3.63) is 32.6 Å². The van der Waals surface area contributed by atoms with Gasteiger partial charge in [-0.25, -0.2) is 9.36 Å². The third-order valence-electron chi connectivity index (χ3n) is 3.31. The van der Waals surface area contributed by atoms with Gasteiger partial charge in [0.1, 0.15) is 12.3 Å². The molecule has 1 aromatic heterocycles. The molecule has 7 nitrogen and oxygen atoms in total. The van der Waals surface area contributed by atoms with Crippen molar-refractivity contribution in [1.29, 1.82) is 0 Å². The Balaban J connectivity index is 2.47. The number of aromatic nitrogens is 2. The van der Waals surface area contributed by atoms with Crippen molar-refractivity contribution >= 4 is 0 Å². The first-order chi connectivity index (χ1) is 9.49. The van der Waals surface area contributed by atoms with Gasteiger partial charge in [0.05, 0.1) is 19.3 Å². The Hall–Kier alpha value is -1.88. The van der Waals surface area contributed by atoms with Crippen LogP contribution in [0.1, 0.15) is 18.2 Å². The predicted molar refractivity (Wildman–Crippen MR) is 70.2 cm³/mol. The highest BCUT2D eigenvalue weighted by Crippen LogP contribution is 2.27. The minimum absolute atomic E-state index is 0.127. The quantitative estimate of drug-likeness (QED) is 0.664. The van der Waals surface area contributed by atoms with E-state index in [2.05, 4.69) is 5.92 Å². The molecule has 0 aromatic carbocycles. The molecule has 108 valence electrons. The van der Waals surface area contributed by atoms with E-state index in [-0.39, 0.29) is 19.6 Å². The highest BCUT2D eigenvalue weighted by Gasteiger charge is 2.35. The number of hydrogen-bond acceptors (Lipinski definition) is 5. The molecule has 0 bridgehead atoms. The fourth-order valence-corrected chi connectivity index (χ4v) is 2.25. The van der Waals surface area contributed by atoms with E-state index in [9.17, 15) is 14.7 Å². The zero-order valence-electron chi connectivity index (χ0n) is 11.0. The molecule has 1 fully saturated rings. The summed E-state index contributed by atoms with van der Waals surface area (Å²) in [4.78, 5) is 24.1. The van der Waals surface area contributed by atoms with Crippen molar-refractivity contribution in [2.75, 3.05) is 6.61 Å². The van der Waals surface area contributed by atoms with Gasteiger partial charge in [-0.15, -0.1) is 6.42 Å². The lowest BCUT2D eigenvalue weighted by Gasteiger charge is -2.16. The summed E-state index contributed by atoms with van der Waals surface area (Å²) >= 11 is 0. The van der Waals surface area contributed by atoms with Crippen LogP contribution in [0.4, 0.5) is 0 Å². The van der Waals surface area contributed by atoms with Crippen LogP contribution in [0.3, 0.4) is 0 Å². The number of hydrogen-bond donors (Lipinski definition) is 2. The zero-order valence-corrected chi connectivity index (χ0v) is 11.0. The first-order valence-electron chi connectivity index (χ1n) is 6.20. The zero-order chi connectivity index (χ0) is 14.9. The predicted octanol–water partition coefficient (Wildman–Crippen LogP) is -1.41. The van der Waals surface area contributed by atoms with Gasteiger partial charge >= 0.3 is 5.69 Å². The molecule has 1 aliphatic heterocycles. The van der Waals surface area contributed by atoms with E-state index < -0.39 is 29.7 Å². The van der Waals surface area contributed by atoms with E-state index in [1.54, 1.807) is 6.92 Å². The molecular weight excluding hydrogens is 264 g/mol. The number of nitrogens with zero attached hydrogens (tertiary/aromatic N) is 2. The number of aryl methyl sites for hydroxylation is 1. The van der Waals surface area contributed by atoms with Crippen LogP contribution < -0.4 is 11.2 Å². The molecule has 2 N–H and O–H groups in total. The molecule has 0 saturated carbocycles. The molecule has 1 saturated heterocycles. The summed E-state index contributed by atoms with van der Waals surface area (Å²) < 4.78 is 7.58. The lowest BCUT2D eigenvalue weighted by atomic mass is 10.2. The van der Waals surface area contributed by atoms with Crippen molar-refractivity contribution in [3.8, 4) is 12.3 Å². The standard InChI is InChI=1S/C13H16N2O5/c1-3-4-14-12(18)8(2)6-15(13(14)19)11-5-9(17)10(7-16)20-11/h1,6,9-11,16-17H,4-5,7H2,2H3/t9-,10+,11?/m0/s1. The lowest BCUT2D eigenvalue weighted by Crippen LogP contribution is -2.42. The second-order valence-corrected chi connectivity index (χ2v) is 4.71. The van der Waals surface area contributed by atoms with Crippen molar-refractivity contribution < 1.29 is 14.9 Å². The molecule has 1 unspecified atom stereocenters. The van der Waals surface area contributed by atoms with Gasteiger partial charge in [-0.2, -0.15) is 0 Å². The highest BCUT2D eigenvalue weighted by molar-refractivity contribution is 5.05. The Morgan fingerprint density at radius 3 is 2.80 bits per heavy atom. The maximum atomic E-state index is 12.2. The Labute approximate surface area is 115 Å². The van der Waals surface area contributed by atoms with Crippen LogP contribution >= 0.6 is 0 Å². The molecule has 3 atom stereocenters. The molecule has 20 heavy (non-hydrogen) atoms. The third-order valence-corrected chi connectivity index (χ3v) is 3.31. The Morgan fingerprint density at radius 1 is 1.55 bits per heavy atom. The van der Waals surface area contributed by atoms with E-state index in [1.165, 1.54) is 10.8 Å². The van der Waals surface area contributed by atoms with Gasteiger partial charge in [0.2, 0.25) is 0 Å². The van der Waals surface area contributed by atoms with E-state index in [4.69, 9.17) is 16.3 Å². The van der Waals surface area contributed by atoms with Crippen LogP contribution in [0.25, 0.3) is 0 Å². The van der Waals surface area contributed by atoms with Gasteiger partial charge < -0.3 is 14.9 Å². The van der Waals surface area contributed by atoms with Gasteiger partial charge in [-0.05, 0) is 6.92 Å². The van der Waals surface area contributed by atoms with Crippen LogP contribution in [0.5, 0.6) is 0 Å². The Morgan fingerprint density at radius 2 is 2.25 bits per heavy atom. The molecule has 0 aliphatic carbocycles. The molecular formula is C13H16N2O5. The van der Waals surface area contributed by atoms with Crippen molar-refractivity contribution in [1.82, 2.24) is 9.13 Å². The maximum Gasteiger partial charge on any atom is 0.333 e. The van der Waals surface area contributed by atoms with Crippen LogP contribution in [0.2, 0.25) is 0 Å². The molecule has 2 heterocycles. The molecule has 1 aromatic rings. The normalized spacial score (nSPS) is 25.6. The van der Waals surface area contributed by atoms with Crippen molar-refractivity contribution in [2.45, 2.75) is 38.3 Å². The minimum atomic E-state index is -0.856. The van der Waals surface area contributed by atoms with E-state index in [0.29, 0.717) is 5.56 Å². The molecule has 0 radical (unpaired) electrons. The van der Waals surface area contributed by atoms with E-state index in [1.807, 2.05) is 0 Å². The number of aliphatic hydroxyl groups excluding tert-OH is 2. The molecule has 0 amide bonds. The molecule has 0 spiro atoms. The summed E-state index contributed by atoms with van der Waals surface area (Å²) in [5.41, 5.74) is -0.679. The molecule has 2 rings (SSSR count). The second-order valence-electron chi connectivity index (χ2n) is 4.71. The SMILES string of the molecule is C#CCn1c(=O)c(C)cn(C2C[C@H](O)[C@@H](CO)O2)c1=O. The summed E-state index contributed by atoms with van der Waals surface area (Å²) in [6, 6.07) is 0. The summed E-state index contributed by atoms with van der Waals surface area (Å²) in [6.07, 6.45) is 4.39. The van der Waals surface area contributed by atoms with Gasteiger partial charge in [0.15, 0.2) is 0 Å². The fraction of sp³-hybridized carbons (Fsp3) is 0.538. The average Bonchev–Trinajstić information content (AvgIpc) is 2.80. The summed E-state index contributed by atoms with van der Waals surface area (Å²) in [7, 11) is 0. The Kier molecular flexibility index (Phi) is 4.09.